The fourth-order valence-corrected chi connectivity index (χ4v) is 4.76. The number of thiophene rings is 1. The predicted octanol–water partition coefficient (Wildman–Crippen LogP) is 4.20. The number of ether oxygens (including phenoxy) is 1. The van der Waals surface area contributed by atoms with Crippen molar-refractivity contribution in [2.45, 2.75) is 25.3 Å². The van der Waals surface area contributed by atoms with Gasteiger partial charge in [-0.05, 0) is 22.9 Å². The fourth-order valence-electron chi connectivity index (χ4n) is 2.68. The van der Waals surface area contributed by atoms with Crippen molar-refractivity contribution < 1.29 is 14.3 Å². The Labute approximate surface area is 156 Å². The van der Waals surface area contributed by atoms with E-state index in [4.69, 9.17) is 4.74 Å². The summed E-state index contributed by atoms with van der Waals surface area (Å²) in [5.41, 5.74) is 1.02. The summed E-state index contributed by atoms with van der Waals surface area (Å²) < 4.78 is 5.43. The van der Waals surface area contributed by atoms with E-state index in [1.54, 1.807) is 22.7 Å². The minimum Gasteiger partial charge on any atom is -0.464 e. The lowest BCUT2D eigenvalue weighted by atomic mass is 10.1. The highest BCUT2D eigenvalue weighted by atomic mass is 32.2. The lowest BCUT2D eigenvalue weighted by molar-refractivity contribution is -0.149. The first-order valence-corrected chi connectivity index (χ1v) is 10.2. The van der Waals surface area contributed by atoms with Crippen LogP contribution < -0.4 is 0 Å². The summed E-state index contributed by atoms with van der Waals surface area (Å²) in [5, 5.41) is 1.70. The maximum Gasteiger partial charge on any atom is 0.329 e. The smallest absolute Gasteiger partial charge is 0.329 e. The molecule has 0 unspecified atom stereocenters. The number of rotatable bonds is 5. The molecule has 1 aromatic carbocycles. The molecule has 0 spiro atoms. The summed E-state index contributed by atoms with van der Waals surface area (Å²) in [6, 6.07) is 12.9. The van der Waals surface area contributed by atoms with E-state index in [-0.39, 0.29) is 23.2 Å². The molecule has 0 N–H and O–H groups in total. The van der Waals surface area contributed by atoms with Gasteiger partial charge in [-0.1, -0.05) is 50.2 Å². The number of nitrogens with zero attached hydrogens (tertiary/aromatic N) is 1. The molecule has 1 saturated heterocycles. The van der Waals surface area contributed by atoms with Gasteiger partial charge < -0.3 is 9.64 Å². The minimum absolute atomic E-state index is 0.111. The Morgan fingerprint density at radius 1 is 1.20 bits per heavy atom. The Balaban J connectivity index is 1.87. The van der Waals surface area contributed by atoms with Crippen LogP contribution in [0.2, 0.25) is 0 Å². The van der Waals surface area contributed by atoms with Gasteiger partial charge in [-0.25, -0.2) is 4.79 Å². The van der Waals surface area contributed by atoms with E-state index in [1.807, 2.05) is 55.6 Å². The minimum atomic E-state index is -0.552. The van der Waals surface area contributed by atoms with Gasteiger partial charge >= 0.3 is 5.97 Å². The average Bonchev–Trinajstić information content (AvgIpc) is 3.29. The van der Waals surface area contributed by atoms with E-state index in [0.717, 1.165) is 5.56 Å². The van der Waals surface area contributed by atoms with Crippen LogP contribution in [0.15, 0.2) is 47.8 Å². The Bertz CT molecular complexity index is 716. The van der Waals surface area contributed by atoms with Crippen molar-refractivity contribution in [2.24, 2.45) is 5.92 Å². The van der Waals surface area contributed by atoms with E-state index >= 15 is 0 Å². The third kappa shape index (κ3) is 4.07. The molecule has 0 radical (unpaired) electrons. The molecule has 3 rings (SSSR count). The van der Waals surface area contributed by atoms with Crippen LogP contribution in [0.25, 0.3) is 0 Å². The van der Waals surface area contributed by atoms with Gasteiger partial charge in [-0.3, -0.25) is 4.79 Å². The second-order valence-electron chi connectivity index (χ2n) is 6.33. The largest absolute Gasteiger partial charge is 0.464 e. The standard InChI is InChI=1S/C19H21NO3S2/c1-13(2)11-23-19(22)15-12-25-18(14-7-4-3-5-8-14)20(15)17(21)16-9-6-10-24-16/h3-10,13,15,18H,11-12H2,1-2H3/t15-,18-/m1/s1. The molecule has 0 aliphatic carbocycles. The molecule has 1 amide bonds. The maximum absolute atomic E-state index is 13.1. The molecule has 25 heavy (non-hydrogen) atoms. The molecule has 0 saturated carbocycles. The SMILES string of the molecule is CC(C)COC(=O)[C@H]1CS[C@H](c2ccccc2)N1C(=O)c1cccs1. The van der Waals surface area contributed by atoms with Crippen molar-refractivity contribution >= 4 is 35.0 Å². The number of hydrogen-bond acceptors (Lipinski definition) is 5. The first-order valence-electron chi connectivity index (χ1n) is 8.27. The van der Waals surface area contributed by atoms with Crippen LogP contribution in [0.3, 0.4) is 0 Å². The quantitative estimate of drug-likeness (QED) is 0.735. The number of carbonyl (C=O) groups excluding carboxylic acids is 2. The number of esters is 1. The van der Waals surface area contributed by atoms with E-state index < -0.39 is 6.04 Å². The second-order valence-corrected chi connectivity index (χ2v) is 8.39. The maximum atomic E-state index is 13.1. The normalized spacial score (nSPS) is 20.0. The zero-order valence-corrected chi connectivity index (χ0v) is 15.9. The van der Waals surface area contributed by atoms with Crippen LogP contribution >= 0.6 is 23.1 Å². The van der Waals surface area contributed by atoms with Crippen molar-refractivity contribution in [1.82, 2.24) is 4.90 Å². The Kier molecular flexibility index (Phi) is 5.81. The van der Waals surface area contributed by atoms with Gasteiger partial charge in [0.25, 0.3) is 5.91 Å². The van der Waals surface area contributed by atoms with Crippen molar-refractivity contribution in [2.75, 3.05) is 12.4 Å². The molecule has 2 aromatic rings. The molecule has 1 aromatic heterocycles. The van der Waals surface area contributed by atoms with Crippen LogP contribution in [0, 0.1) is 5.92 Å². The van der Waals surface area contributed by atoms with Crippen molar-refractivity contribution in [1.29, 1.82) is 0 Å². The van der Waals surface area contributed by atoms with Gasteiger partial charge in [0.05, 0.1) is 11.5 Å². The van der Waals surface area contributed by atoms with Crippen LogP contribution in [-0.2, 0) is 9.53 Å². The van der Waals surface area contributed by atoms with Gasteiger partial charge in [0.1, 0.15) is 11.4 Å². The summed E-state index contributed by atoms with van der Waals surface area (Å²) in [6.45, 7) is 4.37. The van der Waals surface area contributed by atoms with E-state index in [9.17, 15) is 9.59 Å². The Hall–Kier alpha value is -1.79. The molecule has 2 heterocycles. The lowest BCUT2D eigenvalue weighted by Gasteiger charge is -2.28. The molecular weight excluding hydrogens is 354 g/mol. The van der Waals surface area contributed by atoms with Crippen molar-refractivity contribution in [3.63, 3.8) is 0 Å². The monoisotopic (exact) mass is 375 g/mol. The molecule has 0 bridgehead atoms. The highest BCUT2D eigenvalue weighted by Crippen LogP contribution is 2.42. The third-order valence-electron chi connectivity index (χ3n) is 3.88. The lowest BCUT2D eigenvalue weighted by Crippen LogP contribution is -2.43. The van der Waals surface area contributed by atoms with E-state index in [0.29, 0.717) is 17.2 Å². The number of hydrogen-bond donors (Lipinski definition) is 0. The summed E-state index contributed by atoms with van der Waals surface area (Å²) in [7, 11) is 0. The molecule has 6 heteroatoms. The van der Waals surface area contributed by atoms with E-state index in [1.165, 1.54) is 11.3 Å². The molecular formula is C19H21NO3S2. The van der Waals surface area contributed by atoms with Gasteiger partial charge in [0.2, 0.25) is 0 Å². The highest BCUT2D eigenvalue weighted by molar-refractivity contribution is 7.99. The first kappa shape index (κ1) is 18.0. The number of thioether (sulfide) groups is 1. The molecule has 132 valence electrons. The predicted molar refractivity (Wildman–Crippen MR) is 102 cm³/mol. The van der Waals surface area contributed by atoms with Gasteiger partial charge in [-0.15, -0.1) is 23.1 Å². The third-order valence-corrected chi connectivity index (χ3v) is 6.06. The first-order chi connectivity index (χ1) is 12.1. The topological polar surface area (TPSA) is 46.6 Å². The molecule has 4 nitrogen and oxygen atoms in total. The molecule has 2 atom stereocenters. The van der Waals surface area contributed by atoms with Crippen molar-refractivity contribution in [3.05, 3.63) is 58.3 Å². The Morgan fingerprint density at radius 2 is 1.96 bits per heavy atom. The molecule has 1 fully saturated rings. The van der Waals surface area contributed by atoms with Gasteiger partial charge in [0.15, 0.2) is 0 Å². The average molecular weight is 376 g/mol. The molecule has 1 aliphatic heterocycles. The van der Waals surface area contributed by atoms with Crippen LogP contribution in [0.1, 0.15) is 34.5 Å². The second kappa shape index (κ2) is 8.06. The van der Waals surface area contributed by atoms with Crippen LogP contribution in [0.5, 0.6) is 0 Å². The summed E-state index contributed by atoms with van der Waals surface area (Å²) in [4.78, 5) is 28.0. The van der Waals surface area contributed by atoms with E-state index in [2.05, 4.69) is 0 Å². The number of carbonyl (C=O) groups is 2. The summed E-state index contributed by atoms with van der Waals surface area (Å²) >= 11 is 3.00. The van der Waals surface area contributed by atoms with Crippen molar-refractivity contribution in [3.8, 4) is 0 Å². The fraction of sp³-hybridized carbons (Fsp3) is 0.368. The summed E-state index contributed by atoms with van der Waals surface area (Å²) in [5.74, 6) is 0.391. The highest BCUT2D eigenvalue weighted by Gasteiger charge is 2.43. The van der Waals surface area contributed by atoms with Gasteiger partial charge in [0, 0.05) is 5.75 Å². The molecule has 1 aliphatic rings. The Morgan fingerprint density at radius 3 is 2.60 bits per heavy atom. The number of amides is 1. The summed E-state index contributed by atoms with van der Waals surface area (Å²) in [6.07, 6.45) is 0. The van der Waals surface area contributed by atoms with Gasteiger partial charge in [-0.2, -0.15) is 0 Å². The van der Waals surface area contributed by atoms with Crippen LogP contribution in [0.4, 0.5) is 0 Å². The zero-order chi connectivity index (χ0) is 17.8. The number of benzene rings is 1. The zero-order valence-electron chi connectivity index (χ0n) is 14.3. The van der Waals surface area contributed by atoms with Crippen LogP contribution in [-0.4, -0.2) is 35.2 Å².